The number of nitrogens with two attached hydrogens (primary N) is 1. The summed E-state index contributed by atoms with van der Waals surface area (Å²) in [4.78, 5) is 18.0. The van der Waals surface area contributed by atoms with Gasteiger partial charge in [0.15, 0.2) is 5.82 Å². The van der Waals surface area contributed by atoms with Gasteiger partial charge in [-0.05, 0) is 55.3 Å². The Balaban J connectivity index is 0.00000225. The van der Waals surface area contributed by atoms with Crippen molar-refractivity contribution in [1.29, 1.82) is 0 Å². The van der Waals surface area contributed by atoms with Crippen LogP contribution in [0.3, 0.4) is 0 Å². The quantitative estimate of drug-likeness (QED) is 0.674. The van der Waals surface area contributed by atoms with Gasteiger partial charge in [-0.3, -0.25) is 4.79 Å². The van der Waals surface area contributed by atoms with Crippen LogP contribution < -0.4 is 11.1 Å². The van der Waals surface area contributed by atoms with Crippen LogP contribution in [0.1, 0.15) is 36.3 Å². The van der Waals surface area contributed by atoms with Gasteiger partial charge in [-0.1, -0.05) is 12.1 Å². The first-order chi connectivity index (χ1) is 13.1. The predicted octanol–water partition coefficient (Wildman–Crippen LogP) is 3.56. The van der Waals surface area contributed by atoms with Gasteiger partial charge in [-0.25, -0.2) is 14.1 Å². The number of carbonyl (C=O) groups is 1. The van der Waals surface area contributed by atoms with Crippen LogP contribution in [0.15, 0.2) is 41.8 Å². The first-order valence-corrected chi connectivity index (χ1v) is 9.81. The maximum absolute atomic E-state index is 13.7. The monoisotopic (exact) mass is 421 g/mol. The average Bonchev–Trinajstić information content (AvgIpc) is 3.33. The zero-order valence-electron chi connectivity index (χ0n) is 15.0. The number of hydrogen-bond acceptors (Lipinski definition) is 5. The number of aromatic nitrogens is 3. The van der Waals surface area contributed by atoms with Crippen molar-refractivity contribution in [2.45, 2.75) is 37.8 Å². The Hall–Kier alpha value is -2.29. The Morgan fingerprint density at radius 2 is 2.00 bits per heavy atom. The number of benzene rings is 1. The molecule has 1 aliphatic carbocycles. The molecular weight excluding hydrogens is 401 g/mol. The molecule has 0 aliphatic heterocycles. The molecule has 0 spiro atoms. The van der Waals surface area contributed by atoms with E-state index in [4.69, 9.17) is 5.73 Å². The van der Waals surface area contributed by atoms with Crippen LogP contribution in [0.4, 0.5) is 4.39 Å². The molecule has 1 amide bonds. The van der Waals surface area contributed by atoms with Crippen molar-refractivity contribution in [2.24, 2.45) is 5.73 Å². The number of thiophene rings is 1. The molecule has 0 atom stereocenters. The second-order valence-electron chi connectivity index (χ2n) is 6.71. The minimum absolute atomic E-state index is 0. The summed E-state index contributed by atoms with van der Waals surface area (Å²) in [5.41, 5.74) is 6.44. The van der Waals surface area contributed by atoms with Crippen molar-refractivity contribution < 1.29 is 9.18 Å². The van der Waals surface area contributed by atoms with Gasteiger partial charge in [0.1, 0.15) is 5.82 Å². The van der Waals surface area contributed by atoms with Gasteiger partial charge in [-0.2, -0.15) is 0 Å². The molecule has 0 radical (unpaired) electrons. The molecule has 6 nitrogen and oxygen atoms in total. The Kier molecular flexibility index (Phi) is 6.43. The highest BCUT2D eigenvalue weighted by molar-refractivity contribution is 7.13. The molecule has 0 unspecified atom stereocenters. The standard InChI is InChI=1S/C19H20FN5OS.ClH/c20-12-3-1-4-15(11-12)25-18(16-5-2-10-27-16)23-17(24-25)19(26)22-14-8-6-13(21)7-9-14;/h1-5,10-11,13-14H,6-9,21H2,(H,22,26);1H. The summed E-state index contributed by atoms with van der Waals surface area (Å²) >= 11 is 1.49. The van der Waals surface area contributed by atoms with E-state index in [0.717, 1.165) is 30.6 Å². The average molecular weight is 422 g/mol. The Bertz CT molecular complexity index is 938. The number of carbonyl (C=O) groups excluding carboxylic acids is 1. The molecule has 2 heterocycles. The summed E-state index contributed by atoms with van der Waals surface area (Å²) in [7, 11) is 0. The van der Waals surface area contributed by atoms with Crippen LogP contribution in [0.5, 0.6) is 0 Å². The SMILES string of the molecule is Cl.NC1CCC(NC(=O)c2nc(-c3cccs3)n(-c3cccc(F)c3)n2)CC1. The van der Waals surface area contributed by atoms with Gasteiger partial charge in [-0.15, -0.1) is 28.8 Å². The van der Waals surface area contributed by atoms with Crippen LogP contribution in [0, 0.1) is 5.82 Å². The number of hydrogen-bond donors (Lipinski definition) is 2. The van der Waals surface area contributed by atoms with E-state index in [1.54, 1.807) is 12.1 Å². The van der Waals surface area contributed by atoms with Crippen molar-refractivity contribution in [3.8, 4) is 16.4 Å². The summed E-state index contributed by atoms with van der Waals surface area (Å²) in [5.74, 6) is -0.0861. The largest absolute Gasteiger partial charge is 0.347 e. The highest BCUT2D eigenvalue weighted by Gasteiger charge is 2.24. The number of halogens is 2. The second-order valence-corrected chi connectivity index (χ2v) is 7.66. The molecule has 148 valence electrons. The lowest BCUT2D eigenvalue weighted by atomic mass is 9.92. The maximum Gasteiger partial charge on any atom is 0.291 e. The van der Waals surface area contributed by atoms with Gasteiger partial charge < -0.3 is 11.1 Å². The van der Waals surface area contributed by atoms with E-state index in [9.17, 15) is 9.18 Å². The van der Waals surface area contributed by atoms with Gasteiger partial charge in [0.2, 0.25) is 5.82 Å². The fourth-order valence-corrected chi connectivity index (χ4v) is 3.97. The van der Waals surface area contributed by atoms with Crippen LogP contribution in [0.2, 0.25) is 0 Å². The number of amides is 1. The Labute approximate surface area is 172 Å². The van der Waals surface area contributed by atoms with E-state index in [1.807, 2.05) is 17.5 Å². The summed E-state index contributed by atoms with van der Waals surface area (Å²) in [6.45, 7) is 0. The van der Waals surface area contributed by atoms with Crippen LogP contribution >= 0.6 is 23.7 Å². The topological polar surface area (TPSA) is 85.8 Å². The third kappa shape index (κ3) is 4.40. The van der Waals surface area contributed by atoms with E-state index in [1.165, 1.54) is 28.2 Å². The van der Waals surface area contributed by atoms with E-state index in [-0.39, 0.29) is 42.0 Å². The molecule has 1 fully saturated rings. The van der Waals surface area contributed by atoms with Crippen molar-refractivity contribution in [1.82, 2.24) is 20.1 Å². The van der Waals surface area contributed by atoms with Crippen LogP contribution in [-0.4, -0.2) is 32.8 Å². The molecular formula is C19H21ClFN5OS. The van der Waals surface area contributed by atoms with Crippen molar-refractivity contribution in [3.63, 3.8) is 0 Å². The molecule has 3 aromatic rings. The van der Waals surface area contributed by atoms with Crippen molar-refractivity contribution in [2.75, 3.05) is 0 Å². The smallest absolute Gasteiger partial charge is 0.291 e. The Morgan fingerprint density at radius 3 is 2.68 bits per heavy atom. The zero-order valence-corrected chi connectivity index (χ0v) is 16.7. The number of rotatable bonds is 4. The summed E-state index contributed by atoms with van der Waals surface area (Å²) in [6.07, 6.45) is 3.51. The highest BCUT2D eigenvalue weighted by Crippen LogP contribution is 2.26. The fourth-order valence-electron chi connectivity index (χ4n) is 3.27. The summed E-state index contributed by atoms with van der Waals surface area (Å²) in [6, 6.07) is 10.2. The fraction of sp³-hybridized carbons (Fsp3) is 0.316. The third-order valence-electron chi connectivity index (χ3n) is 4.71. The normalized spacial score (nSPS) is 19.1. The molecule has 2 aromatic heterocycles. The lowest BCUT2D eigenvalue weighted by molar-refractivity contribution is 0.0915. The van der Waals surface area contributed by atoms with Crippen molar-refractivity contribution in [3.05, 3.63) is 53.4 Å². The van der Waals surface area contributed by atoms with E-state index < -0.39 is 0 Å². The molecule has 28 heavy (non-hydrogen) atoms. The third-order valence-corrected chi connectivity index (χ3v) is 5.58. The maximum atomic E-state index is 13.7. The lowest BCUT2D eigenvalue weighted by Crippen LogP contribution is -2.40. The predicted molar refractivity (Wildman–Crippen MR) is 110 cm³/mol. The minimum Gasteiger partial charge on any atom is -0.347 e. The zero-order chi connectivity index (χ0) is 18.8. The van der Waals surface area contributed by atoms with Gasteiger partial charge >= 0.3 is 0 Å². The van der Waals surface area contributed by atoms with E-state index in [2.05, 4.69) is 15.4 Å². The molecule has 3 N–H and O–H groups in total. The number of nitrogens with zero attached hydrogens (tertiary/aromatic N) is 3. The first-order valence-electron chi connectivity index (χ1n) is 8.93. The minimum atomic E-state index is -0.371. The van der Waals surface area contributed by atoms with E-state index >= 15 is 0 Å². The molecule has 1 aromatic carbocycles. The molecule has 1 aliphatic rings. The summed E-state index contributed by atoms with van der Waals surface area (Å²) < 4.78 is 15.2. The van der Waals surface area contributed by atoms with Gasteiger partial charge in [0.25, 0.3) is 5.91 Å². The van der Waals surface area contributed by atoms with Gasteiger partial charge in [0.05, 0.1) is 10.6 Å². The molecule has 9 heteroatoms. The van der Waals surface area contributed by atoms with Crippen molar-refractivity contribution >= 4 is 29.7 Å². The van der Waals surface area contributed by atoms with Crippen LogP contribution in [0.25, 0.3) is 16.4 Å². The molecule has 0 saturated heterocycles. The molecule has 1 saturated carbocycles. The van der Waals surface area contributed by atoms with Gasteiger partial charge in [0, 0.05) is 12.1 Å². The lowest BCUT2D eigenvalue weighted by Gasteiger charge is -2.26. The molecule has 0 bridgehead atoms. The number of nitrogens with one attached hydrogen (secondary N) is 1. The highest BCUT2D eigenvalue weighted by atomic mass is 35.5. The van der Waals surface area contributed by atoms with E-state index in [0.29, 0.717) is 11.5 Å². The molecule has 4 rings (SSSR count). The van der Waals surface area contributed by atoms with Crippen LogP contribution in [-0.2, 0) is 0 Å². The first kappa shape index (κ1) is 20.4. The Morgan fingerprint density at radius 1 is 1.21 bits per heavy atom. The summed E-state index contributed by atoms with van der Waals surface area (Å²) in [5, 5.41) is 9.29. The second kappa shape index (κ2) is 8.81.